The molecule has 4 nitrogen and oxygen atoms in total. The number of thioether (sulfide) groups is 1. The van der Waals surface area contributed by atoms with Crippen molar-refractivity contribution >= 4 is 17.7 Å². The molecule has 2 aliphatic heterocycles. The minimum absolute atomic E-state index is 0.202. The minimum Gasteiger partial charge on any atom is -0.480 e. The maximum atomic E-state index is 11.6. The van der Waals surface area contributed by atoms with E-state index in [2.05, 4.69) is 23.8 Å². The number of rotatable bonds is 2. The van der Waals surface area contributed by atoms with Crippen LogP contribution in [0.15, 0.2) is 0 Å². The highest BCUT2D eigenvalue weighted by Crippen LogP contribution is 2.40. The summed E-state index contributed by atoms with van der Waals surface area (Å²) in [6.07, 6.45) is 0.790. The third-order valence-electron chi connectivity index (χ3n) is 3.96. The maximum absolute atomic E-state index is 11.6. The fourth-order valence-corrected chi connectivity index (χ4v) is 4.20. The van der Waals surface area contributed by atoms with Gasteiger partial charge in [0.2, 0.25) is 0 Å². The monoisotopic (exact) mass is 244 g/mol. The standard InChI is InChI=1S/C11H20N2O2S/c1-9-11(10(14)15,3-8-16-9)13-6-4-12(2)5-7-13/h9H,3-8H2,1-2H3,(H,14,15). The molecule has 2 saturated heterocycles. The Kier molecular flexibility index (Phi) is 3.47. The summed E-state index contributed by atoms with van der Waals surface area (Å²) in [7, 11) is 2.09. The second-order valence-corrected chi connectivity index (χ2v) is 6.23. The van der Waals surface area contributed by atoms with Gasteiger partial charge in [-0.25, -0.2) is 0 Å². The van der Waals surface area contributed by atoms with Crippen LogP contribution >= 0.6 is 11.8 Å². The third-order valence-corrected chi connectivity index (χ3v) is 5.29. The van der Waals surface area contributed by atoms with E-state index in [1.165, 1.54) is 0 Å². The normalized spacial score (nSPS) is 37.8. The molecule has 0 amide bonds. The zero-order valence-electron chi connectivity index (χ0n) is 9.98. The zero-order valence-corrected chi connectivity index (χ0v) is 10.8. The molecular formula is C11H20N2O2S. The lowest BCUT2D eigenvalue weighted by Gasteiger charge is -2.44. The van der Waals surface area contributed by atoms with Crippen molar-refractivity contribution in [3.63, 3.8) is 0 Å². The first-order valence-corrected chi connectivity index (χ1v) is 6.91. The van der Waals surface area contributed by atoms with Crippen LogP contribution < -0.4 is 0 Å². The van der Waals surface area contributed by atoms with Gasteiger partial charge in [0.25, 0.3) is 0 Å². The fourth-order valence-electron chi connectivity index (χ4n) is 2.77. The van der Waals surface area contributed by atoms with Crippen LogP contribution in [0, 0.1) is 0 Å². The van der Waals surface area contributed by atoms with Crippen LogP contribution in [-0.4, -0.2) is 70.6 Å². The van der Waals surface area contributed by atoms with E-state index in [0.29, 0.717) is 0 Å². The Hall–Kier alpha value is -0.260. The number of carboxylic acids is 1. The predicted molar refractivity (Wildman–Crippen MR) is 66.0 cm³/mol. The van der Waals surface area contributed by atoms with Gasteiger partial charge in [0.05, 0.1) is 0 Å². The number of nitrogens with zero attached hydrogens (tertiary/aromatic N) is 2. The van der Waals surface area contributed by atoms with Crippen molar-refractivity contribution in [3.8, 4) is 0 Å². The quantitative estimate of drug-likeness (QED) is 0.770. The molecule has 0 aromatic rings. The number of likely N-dealkylation sites (N-methyl/N-ethyl adjacent to an activating group) is 1. The van der Waals surface area contributed by atoms with Crippen LogP contribution in [0.1, 0.15) is 13.3 Å². The largest absolute Gasteiger partial charge is 0.480 e. The molecule has 2 atom stereocenters. The van der Waals surface area contributed by atoms with E-state index in [-0.39, 0.29) is 5.25 Å². The number of carbonyl (C=O) groups is 1. The molecular weight excluding hydrogens is 224 g/mol. The molecule has 2 heterocycles. The van der Waals surface area contributed by atoms with Crippen LogP contribution in [0.25, 0.3) is 0 Å². The molecule has 92 valence electrons. The summed E-state index contributed by atoms with van der Waals surface area (Å²) in [5.41, 5.74) is -0.605. The minimum atomic E-state index is -0.630. The molecule has 16 heavy (non-hydrogen) atoms. The Balaban J connectivity index is 2.17. The van der Waals surface area contributed by atoms with Crippen LogP contribution in [-0.2, 0) is 4.79 Å². The Morgan fingerprint density at radius 3 is 2.44 bits per heavy atom. The molecule has 5 heteroatoms. The van der Waals surface area contributed by atoms with E-state index in [9.17, 15) is 9.90 Å². The average molecular weight is 244 g/mol. The Morgan fingerprint density at radius 2 is 2.00 bits per heavy atom. The van der Waals surface area contributed by atoms with E-state index >= 15 is 0 Å². The van der Waals surface area contributed by atoms with Crippen molar-refractivity contribution in [3.05, 3.63) is 0 Å². The highest BCUT2D eigenvalue weighted by atomic mass is 32.2. The van der Waals surface area contributed by atoms with Gasteiger partial charge in [-0.2, -0.15) is 11.8 Å². The topological polar surface area (TPSA) is 43.8 Å². The van der Waals surface area contributed by atoms with Gasteiger partial charge in [-0.15, -0.1) is 0 Å². The predicted octanol–water partition coefficient (Wildman–Crippen LogP) is 0.583. The molecule has 2 aliphatic rings. The van der Waals surface area contributed by atoms with Crippen molar-refractivity contribution in [2.45, 2.75) is 24.1 Å². The summed E-state index contributed by atoms with van der Waals surface area (Å²) in [5.74, 6) is 0.342. The van der Waals surface area contributed by atoms with Gasteiger partial charge in [0.1, 0.15) is 5.54 Å². The fraction of sp³-hybridized carbons (Fsp3) is 0.909. The lowest BCUT2D eigenvalue weighted by Crippen LogP contribution is -2.63. The van der Waals surface area contributed by atoms with E-state index in [0.717, 1.165) is 38.4 Å². The summed E-state index contributed by atoms with van der Waals surface area (Å²) in [5, 5.41) is 9.79. The van der Waals surface area contributed by atoms with Crippen molar-refractivity contribution in [2.75, 3.05) is 39.0 Å². The van der Waals surface area contributed by atoms with E-state index in [4.69, 9.17) is 0 Å². The van der Waals surface area contributed by atoms with E-state index in [1.807, 2.05) is 0 Å². The Bertz CT molecular complexity index is 279. The Morgan fingerprint density at radius 1 is 1.38 bits per heavy atom. The van der Waals surface area contributed by atoms with Gasteiger partial charge in [-0.05, 0) is 19.2 Å². The second-order valence-electron chi connectivity index (χ2n) is 4.78. The van der Waals surface area contributed by atoms with Crippen molar-refractivity contribution in [1.82, 2.24) is 9.80 Å². The van der Waals surface area contributed by atoms with Crippen molar-refractivity contribution < 1.29 is 9.90 Å². The summed E-state index contributed by atoms with van der Waals surface area (Å²) in [6.45, 7) is 5.78. The maximum Gasteiger partial charge on any atom is 0.325 e. The van der Waals surface area contributed by atoms with Gasteiger partial charge in [-0.1, -0.05) is 6.92 Å². The van der Waals surface area contributed by atoms with Crippen LogP contribution in [0.5, 0.6) is 0 Å². The third kappa shape index (κ3) is 1.85. The smallest absolute Gasteiger partial charge is 0.325 e. The van der Waals surface area contributed by atoms with Gasteiger partial charge < -0.3 is 10.0 Å². The molecule has 2 unspecified atom stereocenters. The first-order chi connectivity index (χ1) is 7.57. The lowest BCUT2D eigenvalue weighted by atomic mass is 9.90. The summed E-state index contributed by atoms with van der Waals surface area (Å²) < 4.78 is 0. The van der Waals surface area contributed by atoms with E-state index in [1.54, 1.807) is 11.8 Å². The summed E-state index contributed by atoms with van der Waals surface area (Å²) in [4.78, 5) is 16.1. The van der Waals surface area contributed by atoms with Crippen molar-refractivity contribution in [2.24, 2.45) is 0 Å². The summed E-state index contributed by atoms with van der Waals surface area (Å²) in [6, 6.07) is 0. The number of hydrogen-bond acceptors (Lipinski definition) is 4. The lowest BCUT2D eigenvalue weighted by molar-refractivity contribution is -0.152. The number of hydrogen-bond donors (Lipinski definition) is 1. The van der Waals surface area contributed by atoms with Crippen LogP contribution in [0.3, 0.4) is 0 Å². The molecule has 0 bridgehead atoms. The average Bonchev–Trinajstić information content (AvgIpc) is 2.62. The second kappa shape index (κ2) is 4.55. The highest BCUT2D eigenvalue weighted by Gasteiger charge is 2.52. The highest BCUT2D eigenvalue weighted by molar-refractivity contribution is 8.00. The molecule has 0 aromatic heterocycles. The van der Waals surface area contributed by atoms with Gasteiger partial charge in [0.15, 0.2) is 0 Å². The zero-order chi connectivity index (χ0) is 11.8. The van der Waals surface area contributed by atoms with Crippen LogP contribution in [0.4, 0.5) is 0 Å². The summed E-state index contributed by atoms with van der Waals surface area (Å²) >= 11 is 1.79. The van der Waals surface area contributed by atoms with Gasteiger partial charge in [0, 0.05) is 31.4 Å². The van der Waals surface area contributed by atoms with Gasteiger partial charge in [-0.3, -0.25) is 9.69 Å². The first kappa shape index (κ1) is 12.2. The van der Waals surface area contributed by atoms with Crippen molar-refractivity contribution in [1.29, 1.82) is 0 Å². The van der Waals surface area contributed by atoms with Gasteiger partial charge >= 0.3 is 5.97 Å². The molecule has 2 rings (SSSR count). The molecule has 0 saturated carbocycles. The number of carboxylic acid groups (broad SMARTS) is 1. The molecule has 0 spiro atoms. The van der Waals surface area contributed by atoms with E-state index < -0.39 is 11.5 Å². The number of aliphatic carboxylic acids is 1. The van der Waals surface area contributed by atoms with Crippen LogP contribution in [0.2, 0.25) is 0 Å². The molecule has 0 radical (unpaired) electrons. The molecule has 2 fully saturated rings. The first-order valence-electron chi connectivity index (χ1n) is 5.86. The Labute approximate surface area is 101 Å². The molecule has 0 aromatic carbocycles. The molecule has 1 N–H and O–H groups in total. The molecule has 0 aliphatic carbocycles. The number of piperazine rings is 1. The SMILES string of the molecule is CC1SCCC1(C(=O)O)N1CCN(C)CC1.